The van der Waals surface area contributed by atoms with E-state index in [2.05, 4.69) is 36.2 Å². The van der Waals surface area contributed by atoms with Crippen molar-refractivity contribution in [3.05, 3.63) is 35.9 Å². The van der Waals surface area contributed by atoms with Crippen LogP contribution in [0.2, 0.25) is 0 Å². The number of nitrogens with zero attached hydrogens (tertiary/aromatic N) is 1. The molecule has 1 amide bonds. The molecule has 4 heteroatoms. The van der Waals surface area contributed by atoms with Crippen LogP contribution in [0.25, 0.3) is 0 Å². The van der Waals surface area contributed by atoms with Crippen molar-refractivity contribution < 1.29 is 9.53 Å². The molecule has 150 valence electrons. The monoisotopic (exact) mass is 372 g/mol. The first-order valence-electron chi connectivity index (χ1n) is 10.8. The van der Waals surface area contributed by atoms with E-state index in [9.17, 15) is 4.79 Å². The maximum Gasteiger partial charge on any atom is 0.234 e. The predicted octanol–water partition coefficient (Wildman–Crippen LogP) is 4.31. The predicted molar refractivity (Wildman–Crippen MR) is 110 cm³/mol. The summed E-state index contributed by atoms with van der Waals surface area (Å²) in [7, 11) is 0. The second-order valence-corrected chi connectivity index (χ2v) is 8.57. The van der Waals surface area contributed by atoms with Gasteiger partial charge in [-0.1, -0.05) is 63.4 Å². The average Bonchev–Trinajstić information content (AvgIpc) is 2.69. The number of rotatable bonds is 7. The Morgan fingerprint density at radius 3 is 2.30 bits per heavy atom. The third-order valence-corrected chi connectivity index (χ3v) is 5.98. The Morgan fingerprint density at radius 2 is 1.67 bits per heavy atom. The van der Waals surface area contributed by atoms with E-state index in [0.29, 0.717) is 24.7 Å². The molecule has 1 aromatic rings. The quantitative estimate of drug-likeness (QED) is 0.775. The van der Waals surface area contributed by atoms with Crippen LogP contribution in [0.3, 0.4) is 0 Å². The molecule has 1 saturated carbocycles. The van der Waals surface area contributed by atoms with Crippen molar-refractivity contribution in [2.75, 3.05) is 19.6 Å². The first kappa shape index (κ1) is 20.3. The molecule has 3 rings (SSSR count). The lowest BCUT2D eigenvalue weighted by Gasteiger charge is -2.35. The fraction of sp³-hybridized carbons (Fsp3) is 0.696. The van der Waals surface area contributed by atoms with Gasteiger partial charge in [0, 0.05) is 13.1 Å². The summed E-state index contributed by atoms with van der Waals surface area (Å²) in [6, 6.07) is 10.4. The first-order valence-corrected chi connectivity index (χ1v) is 10.8. The van der Waals surface area contributed by atoms with Crippen LogP contribution in [-0.4, -0.2) is 42.6 Å². The van der Waals surface area contributed by atoms with Crippen LogP contribution >= 0.6 is 0 Å². The molecule has 0 aromatic heterocycles. The van der Waals surface area contributed by atoms with Crippen LogP contribution in [0, 0.1) is 5.92 Å². The molecule has 0 bridgehead atoms. The minimum absolute atomic E-state index is 0.0749. The van der Waals surface area contributed by atoms with Crippen molar-refractivity contribution in [2.24, 2.45) is 5.92 Å². The fourth-order valence-corrected chi connectivity index (χ4v) is 4.39. The SMILES string of the molecule is CC(C)C(NC(=O)CN1CCC(OC2CCCCC2)CC1)c1ccccc1. The highest BCUT2D eigenvalue weighted by molar-refractivity contribution is 5.78. The molecular formula is C23H36N2O2. The number of piperidine rings is 1. The normalized spacial score (nSPS) is 21.3. The van der Waals surface area contributed by atoms with Crippen molar-refractivity contribution in [2.45, 2.75) is 77.0 Å². The molecule has 4 nitrogen and oxygen atoms in total. The van der Waals surface area contributed by atoms with Gasteiger partial charge in [0.1, 0.15) is 0 Å². The molecule has 0 spiro atoms. The maximum atomic E-state index is 12.6. The number of amides is 1. The van der Waals surface area contributed by atoms with E-state index in [1.807, 2.05) is 18.2 Å². The number of hydrogen-bond acceptors (Lipinski definition) is 3. The third-order valence-electron chi connectivity index (χ3n) is 5.98. The van der Waals surface area contributed by atoms with E-state index >= 15 is 0 Å². The van der Waals surface area contributed by atoms with E-state index in [0.717, 1.165) is 25.9 Å². The van der Waals surface area contributed by atoms with Crippen molar-refractivity contribution in [3.63, 3.8) is 0 Å². The lowest BCUT2D eigenvalue weighted by atomic mass is 9.96. The Bertz CT molecular complexity index is 561. The van der Waals surface area contributed by atoms with Crippen molar-refractivity contribution in [3.8, 4) is 0 Å². The molecular weight excluding hydrogens is 336 g/mol. The van der Waals surface area contributed by atoms with E-state index in [1.165, 1.54) is 37.7 Å². The van der Waals surface area contributed by atoms with Gasteiger partial charge < -0.3 is 10.1 Å². The van der Waals surface area contributed by atoms with Crippen molar-refractivity contribution >= 4 is 5.91 Å². The van der Waals surface area contributed by atoms with E-state index < -0.39 is 0 Å². The van der Waals surface area contributed by atoms with E-state index in [-0.39, 0.29) is 11.9 Å². The van der Waals surface area contributed by atoms with Crippen LogP contribution in [0.5, 0.6) is 0 Å². The summed E-state index contributed by atoms with van der Waals surface area (Å²) in [6.45, 7) is 6.73. The summed E-state index contributed by atoms with van der Waals surface area (Å²) in [5.41, 5.74) is 1.18. The van der Waals surface area contributed by atoms with Crippen molar-refractivity contribution in [1.82, 2.24) is 10.2 Å². The van der Waals surface area contributed by atoms with Crippen molar-refractivity contribution in [1.29, 1.82) is 0 Å². The Hall–Kier alpha value is -1.39. The summed E-state index contributed by atoms with van der Waals surface area (Å²) in [6.07, 6.45) is 9.46. The molecule has 1 aliphatic heterocycles. The van der Waals surface area contributed by atoms with Gasteiger partial charge in [0.05, 0.1) is 24.8 Å². The van der Waals surface area contributed by atoms with Gasteiger partial charge in [-0.05, 0) is 37.2 Å². The maximum absolute atomic E-state index is 12.6. The third kappa shape index (κ3) is 6.32. The van der Waals surface area contributed by atoms with Gasteiger partial charge in [-0.25, -0.2) is 0 Å². The second-order valence-electron chi connectivity index (χ2n) is 8.57. The average molecular weight is 373 g/mol. The molecule has 1 N–H and O–H groups in total. The Labute approximate surface area is 164 Å². The Morgan fingerprint density at radius 1 is 1.04 bits per heavy atom. The zero-order valence-corrected chi connectivity index (χ0v) is 17.0. The largest absolute Gasteiger partial charge is 0.375 e. The summed E-state index contributed by atoms with van der Waals surface area (Å²) in [5.74, 6) is 0.496. The number of benzene rings is 1. The summed E-state index contributed by atoms with van der Waals surface area (Å²) in [5, 5.41) is 3.25. The van der Waals surface area contributed by atoms with Crippen LogP contribution in [0.1, 0.15) is 70.4 Å². The Balaban J connectivity index is 1.42. The highest BCUT2D eigenvalue weighted by atomic mass is 16.5. The zero-order valence-electron chi connectivity index (χ0n) is 17.0. The number of carbonyl (C=O) groups excluding carboxylic acids is 1. The number of hydrogen-bond donors (Lipinski definition) is 1. The molecule has 1 aliphatic carbocycles. The molecule has 0 radical (unpaired) electrons. The highest BCUT2D eigenvalue weighted by Gasteiger charge is 2.26. The summed E-state index contributed by atoms with van der Waals surface area (Å²) >= 11 is 0. The van der Waals surface area contributed by atoms with Crippen LogP contribution in [-0.2, 0) is 9.53 Å². The minimum Gasteiger partial charge on any atom is -0.375 e. The highest BCUT2D eigenvalue weighted by Crippen LogP contribution is 2.25. The molecule has 1 aromatic carbocycles. The standard InChI is InChI=1S/C23H36N2O2/c1-18(2)23(19-9-5-3-6-10-19)24-22(26)17-25-15-13-21(14-16-25)27-20-11-7-4-8-12-20/h3,5-6,9-10,18,20-21,23H,4,7-8,11-17H2,1-2H3,(H,24,26). The smallest absolute Gasteiger partial charge is 0.234 e. The molecule has 27 heavy (non-hydrogen) atoms. The molecule has 1 unspecified atom stereocenters. The van der Waals surface area contributed by atoms with E-state index in [4.69, 9.17) is 4.74 Å². The lowest BCUT2D eigenvalue weighted by Crippen LogP contribution is -2.45. The van der Waals surface area contributed by atoms with Gasteiger partial charge in [-0.2, -0.15) is 0 Å². The first-order chi connectivity index (χ1) is 13.1. The minimum atomic E-state index is 0.0749. The lowest BCUT2D eigenvalue weighted by molar-refractivity contribution is -0.124. The van der Waals surface area contributed by atoms with Gasteiger partial charge in [-0.3, -0.25) is 9.69 Å². The fourth-order valence-electron chi connectivity index (χ4n) is 4.39. The Kier molecular flexibility index (Phi) is 7.71. The van der Waals surface area contributed by atoms with Crippen LogP contribution in [0.15, 0.2) is 30.3 Å². The molecule has 2 aliphatic rings. The van der Waals surface area contributed by atoms with Gasteiger partial charge in [0.2, 0.25) is 5.91 Å². The second kappa shape index (κ2) is 10.2. The summed E-state index contributed by atoms with van der Waals surface area (Å²) in [4.78, 5) is 14.9. The molecule has 1 atom stereocenters. The van der Waals surface area contributed by atoms with Gasteiger partial charge >= 0.3 is 0 Å². The molecule has 2 fully saturated rings. The van der Waals surface area contributed by atoms with E-state index in [1.54, 1.807) is 0 Å². The van der Waals surface area contributed by atoms with Gasteiger partial charge in [0.15, 0.2) is 0 Å². The number of ether oxygens (including phenoxy) is 1. The summed E-state index contributed by atoms with van der Waals surface area (Å²) < 4.78 is 6.31. The topological polar surface area (TPSA) is 41.6 Å². The van der Waals surface area contributed by atoms with Crippen LogP contribution in [0.4, 0.5) is 0 Å². The molecule has 1 saturated heterocycles. The van der Waals surface area contributed by atoms with Gasteiger partial charge in [-0.15, -0.1) is 0 Å². The van der Waals surface area contributed by atoms with Crippen LogP contribution < -0.4 is 5.32 Å². The number of nitrogens with one attached hydrogen (secondary N) is 1. The molecule has 1 heterocycles. The number of carbonyl (C=O) groups is 1. The van der Waals surface area contributed by atoms with Gasteiger partial charge in [0.25, 0.3) is 0 Å². The zero-order chi connectivity index (χ0) is 19.1. The number of likely N-dealkylation sites (tertiary alicyclic amines) is 1.